The molecule has 0 rings (SSSR count). The van der Waals surface area contributed by atoms with Crippen molar-refractivity contribution in [1.29, 1.82) is 0 Å². The normalized spacial score (nSPS) is 15.6. The molecule has 0 aliphatic heterocycles. The predicted molar refractivity (Wildman–Crippen MR) is 79.0 cm³/mol. The third-order valence-electron chi connectivity index (χ3n) is 0.667. The van der Waals surface area contributed by atoms with Gasteiger partial charge in [0.05, 0.1) is 0 Å². The summed E-state index contributed by atoms with van der Waals surface area (Å²) in [5.74, 6) is 0. The van der Waals surface area contributed by atoms with E-state index in [4.69, 9.17) is 0 Å². The van der Waals surface area contributed by atoms with Crippen LogP contribution in [0.25, 0.3) is 0 Å². The fourth-order valence-corrected chi connectivity index (χ4v) is 3.74. The van der Waals surface area contributed by atoms with Crippen molar-refractivity contribution in [2.45, 2.75) is 0 Å². The van der Waals surface area contributed by atoms with Gasteiger partial charge in [-0.05, 0) is 18.3 Å². The van der Waals surface area contributed by atoms with Crippen molar-refractivity contribution >= 4 is 173 Å². The van der Waals surface area contributed by atoms with Crippen LogP contribution in [0.3, 0.4) is 0 Å². The van der Waals surface area contributed by atoms with E-state index in [1.807, 2.05) is 0 Å². The van der Waals surface area contributed by atoms with Gasteiger partial charge in [-0.1, -0.05) is 17.2 Å². The Morgan fingerprint density at radius 1 is 0.593 bits per heavy atom. The fraction of sp³-hybridized carbons (Fsp3) is 1.00. The smallest absolute Gasteiger partial charge is 0.750 e. The van der Waals surface area contributed by atoms with Crippen molar-refractivity contribution in [2.75, 3.05) is 6.38 Å². The first-order valence-electron chi connectivity index (χ1n) is 4.03. The second-order valence-electron chi connectivity index (χ2n) is 2.12. The van der Waals surface area contributed by atoms with Crippen LogP contribution in [0.1, 0.15) is 0 Å². The molecule has 0 aliphatic carbocycles. The Morgan fingerprint density at radius 3 is 0.778 bits per heavy atom. The molecule has 4 unspecified atom stereocenters. The van der Waals surface area contributed by atoms with Crippen molar-refractivity contribution < 1.29 is 74.0 Å². The second-order valence-corrected chi connectivity index (χ2v) is 8.31. The zero-order chi connectivity index (χ0) is 20.1. The minimum absolute atomic E-state index is 0. The van der Waals surface area contributed by atoms with E-state index >= 15 is 0 Å². The molecule has 16 nitrogen and oxygen atoms in total. The molecule has 142 valence electrons. The summed E-state index contributed by atoms with van der Waals surface area (Å²) in [5.41, 5.74) is 0. The van der Waals surface area contributed by atoms with Crippen LogP contribution in [0.5, 0.6) is 0 Å². The molecule has 0 aromatic rings. The van der Waals surface area contributed by atoms with Crippen LogP contribution < -0.4 is 29.4 Å². The topological polar surface area (TPSA) is 278 Å². The van der Waals surface area contributed by atoms with Gasteiger partial charge in [-0.25, -0.2) is 0 Å². The molecular weight excluding hydrogens is 610 g/mol. The van der Waals surface area contributed by atoms with Crippen molar-refractivity contribution in [3.63, 3.8) is 0 Å². The standard InChI is InChI=1S/CH3Cl.3Ca.2HO8P3/c1-2;;;;2*1-9(2)7-11(5,6)8-10(3)4/h1H3;;;;2*(H,5,6)/q;3*+2;;/p-2. The van der Waals surface area contributed by atoms with Crippen LogP contribution in [0.4, 0.5) is 0 Å². The number of hydrogen-bond acceptors (Lipinski definition) is 16. The van der Waals surface area contributed by atoms with E-state index in [-0.39, 0.29) is 113 Å². The Balaban J connectivity index is -0.0000000677. The van der Waals surface area contributed by atoms with Crippen molar-refractivity contribution in [1.82, 2.24) is 0 Å². The molecule has 4 atom stereocenters. The number of phosphoric acid groups is 2. The van der Waals surface area contributed by atoms with Gasteiger partial charge in [-0.3, -0.25) is 9.13 Å². The molecule has 0 spiro atoms. The summed E-state index contributed by atoms with van der Waals surface area (Å²) in [6.07, 6.45) is 1.47. The van der Waals surface area contributed by atoms with Gasteiger partial charge in [0.1, 0.15) is 0 Å². The van der Waals surface area contributed by atoms with Gasteiger partial charge in [-0.2, -0.15) is 0 Å². The number of hydrogen-bond donors (Lipinski definition) is 0. The molecule has 0 heterocycles. The van der Waals surface area contributed by atoms with Gasteiger partial charge in [0.25, 0.3) is 0 Å². The zero-order valence-corrected chi connectivity index (χ0v) is 25.5. The molecule has 0 N–H and O–H groups in total. The Labute approximate surface area is 249 Å². The van der Waals surface area contributed by atoms with Crippen LogP contribution in [0, 0.1) is 0 Å². The summed E-state index contributed by atoms with van der Waals surface area (Å²) in [6, 6.07) is 0. The molecule has 0 radical (unpaired) electrons. The van der Waals surface area contributed by atoms with Crippen LogP contribution in [-0.2, 0) is 44.6 Å². The maximum atomic E-state index is 10.1. The molecule has 0 aromatic heterocycles. The van der Waals surface area contributed by atoms with E-state index in [9.17, 15) is 56.8 Å². The predicted octanol–water partition coefficient (Wildman–Crippen LogP) is -3.24. The second kappa shape index (κ2) is 25.2. The first-order valence-corrected chi connectivity index (χ1v) is 12.1. The molecular formula is CH3Ca3ClO16P6+4. The number of alkyl halides is 1. The molecule has 0 aliphatic rings. The van der Waals surface area contributed by atoms with Gasteiger partial charge in [0, 0.05) is 6.38 Å². The summed E-state index contributed by atoms with van der Waals surface area (Å²) < 4.78 is 70.8. The summed E-state index contributed by atoms with van der Waals surface area (Å²) >= 11 is 4.64. The largest absolute Gasteiger partial charge is 2.00 e. The van der Waals surface area contributed by atoms with E-state index in [1.54, 1.807) is 0 Å². The van der Waals surface area contributed by atoms with Crippen molar-refractivity contribution in [2.24, 2.45) is 0 Å². The van der Waals surface area contributed by atoms with Crippen LogP contribution in [-0.4, -0.2) is 120 Å². The van der Waals surface area contributed by atoms with E-state index in [0.717, 1.165) is 0 Å². The van der Waals surface area contributed by atoms with Crippen LogP contribution in [0.15, 0.2) is 0 Å². The van der Waals surface area contributed by atoms with E-state index in [2.05, 4.69) is 28.8 Å². The Morgan fingerprint density at radius 2 is 0.704 bits per heavy atom. The molecule has 0 bridgehead atoms. The molecule has 27 heavy (non-hydrogen) atoms. The van der Waals surface area contributed by atoms with Crippen molar-refractivity contribution in [3.8, 4) is 0 Å². The van der Waals surface area contributed by atoms with Crippen molar-refractivity contribution in [3.05, 3.63) is 0 Å². The summed E-state index contributed by atoms with van der Waals surface area (Å²) in [5, 5.41) is 0. The Bertz CT molecular complexity index is 464. The fourth-order valence-electron chi connectivity index (χ4n) is 0.356. The van der Waals surface area contributed by atoms with Gasteiger partial charge < -0.3 is 29.4 Å². The first kappa shape index (κ1) is 45.1. The van der Waals surface area contributed by atoms with E-state index < -0.39 is 48.7 Å². The quantitative estimate of drug-likeness (QED) is 0.148. The molecule has 0 aromatic carbocycles. The first-order chi connectivity index (χ1) is 10.7. The zero-order valence-electron chi connectivity index (χ0n) is 12.7. The maximum Gasteiger partial charge on any atom is 2.00 e. The molecule has 0 saturated heterocycles. The van der Waals surface area contributed by atoms with Gasteiger partial charge in [0.15, 0.2) is 0 Å². The maximum absolute atomic E-state index is 10.1. The molecule has 26 heteroatoms. The Hall–Kier alpha value is 4.53. The number of halogens is 1. The van der Waals surface area contributed by atoms with Gasteiger partial charge in [0.2, 0.25) is 0 Å². The molecule has 0 saturated carbocycles. The monoisotopic (exact) mass is 612 g/mol. The minimum atomic E-state index is -5.25. The van der Waals surface area contributed by atoms with Crippen LogP contribution >= 0.6 is 60.3 Å². The average molecular weight is 613 g/mol. The third kappa shape index (κ3) is 41.3. The van der Waals surface area contributed by atoms with Crippen LogP contribution in [0.2, 0.25) is 0 Å². The van der Waals surface area contributed by atoms with E-state index in [0.29, 0.717) is 0 Å². The minimum Gasteiger partial charge on any atom is -0.750 e. The molecule has 0 amide bonds. The summed E-state index contributed by atoms with van der Waals surface area (Å²) in [7, 11) is -25.2. The average Bonchev–Trinajstić information content (AvgIpc) is 2.24. The summed E-state index contributed by atoms with van der Waals surface area (Å²) in [6.45, 7) is 0. The van der Waals surface area contributed by atoms with Gasteiger partial charge in [-0.15, -0.1) is 11.6 Å². The van der Waals surface area contributed by atoms with Gasteiger partial charge >= 0.3 is 162 Å². The SMILES string of the molecule is CCl.O=[P+]([O-])OP(=O)([O-])O[P+](=O)[O-].O=[P+]([O-])OP(=O)([O-])O[P+](=O)[O-].[Ca+2].[Ca+2].[Ca+2]. The summed E-state index contributed by atoms with van der Waals surface area (Å²) in [4.78, 5) is 58.4. The third-order valence-corrected chi connectivity index (χ3v) is 6.00. The molecule has 0 fully saturated rings. The Kier molecular flexibility index (Phi) is 42.0. The number of rotatable bonds is 8. The van der Waals surface area contributed by atoms with E-state index in [1.165, 1.54) is 6.38 Å².